The van der Waals surface area contributed by atoms with Gasteiger partial charge in [-0.25, -0.2) is 4.79 Å². The molecule has 2 aliphatic rings. The molecule has 0 unspecified atom stereocenters. The van der Waals surface area contributed by atoms with Gasteiger partial charge in [-0.15, -0.1) is 0 Å². The van der Waals surface area contributed by atoms with E-state index < -0.39 is 24.0 Å². The Morgan fingerprint density at radius 3 is 2.38 bits per heavy atom. The van der Waals surface area contributed by atoms with Crippen molar-refractivity contribution >= 4 is 17.6 Å². The summed E-state index contributed by atoms with van der Waals surface area (Å²) in [5.41, 5.74) is 9.81. The maximum Gasteiger partial charge on any atom is 0.329 e. The number of piperidine rings is 1. The van der Waals surface area contributed by atoms with Crippen LogP contribution in [0.1, 0.15) is 49.8 Å². The highest BCUT2D eigenvalue weighted by molar-refractivity contribution is 5.85. The molecule has 0 radical (unpaired) electrons. The fourth-order valence-electron chi connectivity index (χ4n) is 6.45. The summed E-state index contributed by atoms with van der Waals surface area (Å²) in [6, 6.07) is 21.3. The Labute approximate surface area is 295 Å². The first-order chi connectivity index (χ1) is 24.3. The zero-order chi connectivity index (χ0) is 35.5. The minimum Gasteiger partial charge on any atom is -0.490 e. The Morgan fingerprint density at radius 1 is 1.00 bits per heavy atom. The highest BCUT2D eigenvalue weighted by Gasteiger charge is 2.39. The lowest BCUT2D eigenvalue weighted by molar-refractivity contribution is -0.159. The third-order valence-electron chi connectivity index (χ3n) is 9.24. The molecule has 3 aromatic carbocycles. The lowest BCUT2D eigenvalue weighted by atomic mass is 9.85. The van der Waals surface area contributed by atoms with Gasteiger partial charge in [0.25, 0.3) is 0 Å². The van der Waals surface area contributed by atoms with E-state index in [1.807, 2.05) is 62.4 Å². The third kappa shape index (κ3) is 9.75. The first kappa shape index (κ1) is 37.1. The van der Waals surface area contributed by atoms with Crippen LogP contribution >= 0.6 is 0 Å². The van der Waals surface area contributed by atoms with Crippen molar-refractivity contribution in [2.75, 3.05) is 57.9 Å². The van der Waals surface area contributed by atoms with Gasteiger partial charge in [0.15, 0.2) is 0 Å². The summed E-state index contributed by atoms with van der Waals surface area (Å²) in [5, 5.41) is 6.13. The molecule has 0 saturated carbocycles. The van der Waals surface area contributed by atoms with Crippen LogP contribution in [0.5, 0.6) is 17.2 Å². The van der Waals surface area contributed by atoms with Crippen LogP contribution in [0.25, 0.3) is 0 Å². The molecule has 2 heterocycles. The van der Waals surface area contributed by atoms with Gasteiger partial charge in [-0.2, -0.15) is 0 Å². The number of esters is 1. The fourth-order valence-corrected chi connectivity index (χ4v) is 6.45. The topological polar surface area (TPSA) is 134 Å². The molecule has 11 nitrogen and oxygen atoms in total. The number of nitrogens with one attached hydrogen (secondary N) is 2. The number of hydrogen-bond acceptors (Lipinski definition) is 10. The Kier molecular flexibility index (Phi) is 13.5. The van der Waals surface area contributed by atoms with Crippen LogP contribution in [0.2, 0.25) is 0 Å². The van der Waals surface area contributed by atoms with Crippen molar-refractivity contribution in [3.8, 4) is 17.2 Å². The Balaban J connectivity index is 1.36. The molecule has 1 saturated heterocycles. The monoisotopic (exact) mass is 688 g/mol. The van der Waals surface area contributed by atoms with E-state index in [9.17, 15) is 9.59 Å². The average molecular weight is 689 g/mol. The molecule has 1 amide bonds. The summed E-state index contributed by atoms with van der Waals surface area (Å²) in [7, 11) is 1.72. The van der Waals surface area contributed by atoms with Crippen LogP contribution in [-0.4, -0.2) is 83.2 Å². The van der Waals surface area contributed by atoms with Crippen molar-refractivity contribution in [3.05, 3.63) is 83.4 Å². The number of nitrogens with two attached hydrogens (primary N) is 1. The smallest absolute Gasteiger partial charge is 0.329 e. The number of ether oxygens (including phenoxy) is 5. The molecule has 3 aromatic rings. The van der Waals surface area contributed by atoms with Crippen molar-refractivity contribution < 1.29 is 33.3 Å². The van der Waals surface area contributed by atoms with Gasteiger partial charge in [0.1, 0.15) is 36.0 Å². The van der Waals surface area contributed by atoms with Crippen LogP contribution in [0.4, 0.5) is 5.69 Å². The minimum atomic E-state index is -0.826. The summed E-state index contributed by atoms with van der Waals surface area (Å²) >= 11 is 0. The quantitative estimate of drug-likeness (QED) is 0.145. The number of anilines is 1. The number of nitrogens with zero attached hydrogens (tertiary/aromatic N) is 1. The second kappa shape index (κ2) is 18.2. The molecule has 0 bridgehead atoms. The lowest BCUT2D eigenvalue weighted by Gasteiger charge is -2.39. The van der Waals surface area contributed by atoms with E-state index in [1.54, 1.807) is 7.11 Å². The highest BCUT2D eigenvalue weighted by Crippen LogP contribution is 2.35. The number of fused-ring (bicyclic) bond motifs is 1. The third-order valence-corrected chi connectivity index (χ3v) is 9.24. The van der Waals surface area contributed by atoms with Crippen LogP contribution in [0.15, 0.2) is 66.7 Å². The minimum absolute atomic E-state index is 0.190. The van der Waals surface area contributed by atoms with Crippen molar-refractivity contribution in [1.82, 2.24) is 10.6 Å². The van der Waals surface area contributed by atoms with Gasteiger partial charge in [0.2, 0.25) is 5.91 Å². The molecule has 1 fully saturated rings. The maximum atomic E-state index is 13.5. The molecule has 4 atom stereocenters. The first-order valence-electron chi connectivity index (χ1n) is 17.7. The first-order valence-corrected chi connectivity index (χ1v) is 17.7. The van der Waals surface area contributed by atoms with Crippen LogP contribution in [0.3, 0.4) is 0 Å². The number of amides is 1. The summed E-state index contributed by atoms with van der Waals surface area (Å²) in [6.45, 7) is 10.0. The second-order valence-electron chi connectivity index (χ2n) is 13.2. The van der Waals surface area contributed by atoms with E-state index >= 15 is 0 Å². The summed E-state index contributed by atoms with van der Waals surface area (Å²) in [6.07, 6.45) is 1.01. The largest absolute Gasteiger partial charge is 0.490 e. The molecule has 5 rings (SSSR count). The number of carbonyl (C=O) groups excluding carboxylic acids is 2. The predicted octanol–water partition coefficient (Wildman–Crippen LogP) is 4.56. The Hall–Kier alpha value is -4.16. The molecule has 50 heavy (non-hydrogen) atoms. The van der Waals surface area contributed by atoms with E-state index in [4.69, 9.17) is 29.4 Å². The van der Waals surface area contributed by atoms with Crippen molar-refractivity contribution in [1.29, 1.82) is 0 Å². The van der Waals surface area contributed by atoms with Crippen LogP contribution in [-0.2, 0) is 36.8 Å². The second-order valence-corrected chi connectivity index (χ2v) is 13.2. The average Bonchev–Trinajstić information content (AvgIpc) is 3.13. The molecular weight excluding hydrogens is 636 g/mol. The van der Waals surface area contributed by atoms with Gasteiger partial charge in [0.05, 0.1) is 31.5 Å². The lowest BCUT2D eigenvalue weighted by Crippen LogP contribution is -2.54. The molecule has 0 aliphatic carbocycles. The number of aryl methyl sites for hydroxylation is 1. The van der Waals surface area contributed by atoms with Gasteiger partial charge in [-0.05, 0) is 71.8 Å². The van der Waals surface area contributed by atoms with E-state index in [1.165, 1.54) is 5.56 Å². The van der Waals surface area contributed by atoms with Crippen molar-refractivity contribution in [2.24, 2.45) is 11.7 Å². The molecular formula is C39H52N4O7. The van der Waals surface area contributed by atoms with E-state index in [0.29, 0.717) is 38.7 Å². The van der Waals surface area contributed by atoms with Crippen LogP contribution < -0.4 is 30.7 Å². The standard InChI is InChI=1S/C39H52N4O7/c1-5-27-7-12-30(13-8-27)49-31-14-10-29(11-15-31)37-34(23-41-24-35(37)50-39(45)38(26(2)3)42-36(44)22-40)48-25-28-9-16-33-32(21-28)43(18-20-47-33)17-6-19-46-4/h7-16,21,26,34-35,37-38,41H,5-6,17-20,22-25,40H2,1-4H3,(H,42,44)/t34-,35+,37+,38-/m0/s1. The van der Waals surface area contributed by atoms with E-state index in [2.05, 4.69) is 40.7 Å². The van der Waals surface area contributed by atoms with Gasteiger partial charge in [-0.1, -0.05) is 51.1 Å². The summed E-state index contributed by atoms with van der Waals surface area (Å²) < 4.78 is 30.2. The maximum absolute atomic E-state index is 13.5. The number of hydrogen-bond donors (Lipinski definition) is 3. The predicted molar refractivity (Wildman–Crippen MR) is 193 cm³/mol. The molecule has 11 heteroatoms. The zero-order valence-corrected chi connectivity index (χ0v) is 29.7. The molecule has 2 aliphatic heterocycles. The Bertz CT molecular complexity index is 1530. The summed E-state index contributed by atoms with van der Waals surface area (Å²) in [4.78, 5) is 28.0. The number of benzene rings is 3. The Morgan fingerprint density at radius 2 is 1.70 bits per heavy atom. The van der Waals surface area contributed by atoms with Gasteiger partial charge in [0, 0.05) is 39.3 Å². The summed E-state index contributed by atoms with van der Waals surface area (Å²) in [5.74, 6) is 0.940. The van der Waals surface area contributed by atoms with Crippen molar-refractivity contribution in [2.45, 2.75) is 64.4 Å². The molecule has 0 spiro atoms. The van der Waals surface area contributed by atoms with E-state index in [0.717, 1.165) is 54.2 Å². The number of carbonyl (C=O) groups is 2. The zero-order valence-electron chi connectivity index (χ0n) is 29.7. The van der Waals surface area contributed by atoms with Crippen molar-refractivity contribution in [3.63, 3.8) is 0 Å². The molecule has 4 N–H and O–H groups in total. The van der Waals surface area contributed by atoms with Crippen LogP contribution in [0, 0.1) is 5.92 Å². The van der Waals surface area contributed by atoms with Gasteiger partial charge in [-0.3, -0.25) is 4.79 Å². The SMILES string of the molecule is CCc1ccc(Oc2ccc([C@@H]3[C@@H](OCc4ccc5c(c4)N(CCCOC)CCO5)CNC[C@H]3OC(=O)[C@@H](NC(=O)CN)C(C)C)cc2)cc1. The number of methoxy groups -OCH3 is 1. The molecule has 0 aromatic heterocycles. The number of rotatable bonds is 16. The van der Waals surface area contributed by atoms with E-state index in [-0.39, 0.29) is 24.5 Å². The highest BCUT2D eigenvalue weighted by atomic mass is 16.6. The van der Waals surface area contributed by atoms with Gasteiger partial charge >= 0.3 is 5.97 Å². The fraction of sp³-hybridized carbons (Fsp3) is 0.487. The normalized spacial score (nSPS) is 19.3. The molecule has 270 valence electrons. The van der Waals surface area contributed by atoms with Gasteiger partial charge < -0.3 is 45.0 Å².